The van der Waals surface area contributed by atoms with Crippen molar-refractivity contribution in [3.8, 4) is 0 Å². The second-order valence-electron chi connectivity index (χ2n) is 5.19. The lowest BCUT2D eigenvalue weighted by molar-refractivity contribution is 0.692. The Bertz CT molecular complexity index is 325. The summed E-state index contributed by atoms with van der Waals surface area (Å²) in [5.74, 6) is 0. The summed E-state index contributed by atoms with van der Waals surface area (Å²) in [6.07, 6.45) is 12.8. The Morgan fingerprint density at radius 1 is 0.889 bits per heavy atom. The van der Waals surface area contributed by atoms with E-state index in [1.54, 1.807) is 11.1 Å². The van der Waals surface area contributed by atoms with Crippen molar-refractivity contribution >= 4 is 0 Å². The van der Waals surface area contributed by atoms with Gasteiger partial charge in [0.25, 0.3) is 0 Å². The zero-order valence-electron chi connectivity index (χ0n) is 12.5. The first-order valence-electron chi connectivity index (χ1n) is 7.73. The molecule has 0 aliphatic heterocycles. The summed E-state index contributed by atoms with van der Waals surface area (Å²) in [6, 6.07) is 6.83. The van der Waals surface area contributed by atoms with E-state index in [1.165, 1.54) is 56.9 Å². The minimum atomic E-state index is 1.26. The van der Waals surface area contributed by atoms with E-state index in [0.29, 0.717) is 0 Å². The Labute approximate surface area is 114 Å². The zero-order chi connectivity index (χ0) is 13.2. The maximum atomic E-state index is 2.34. The normalized spacial score (nSPS) is 10.8. The minimum absolute atomic E-state index is 1.26. The fraction of sp³-hybridized carbons (Fsp3) is 0.611. The topological polar surface area (TPSA) is 0 Å². The summed E-state index contributed by atoms with van der Waals surface area (Å²) in [4.78, 5) is 0. The first-order chi connectivity index (χ1) is 8.83. The molecule has 1 rings (SSSR count). The molecule has 0 heterocycles. The van der Waals surface area contributed by atoms with Crippen molar-refractivity contribution in [1.82, 2.24) is 0 Å². The van der Waals surface area contributed by atoms with Gasteiger partial charge >= 0.3 is 0 Å². The maximum Gasteiger partial charge on any atom is -0.0121 e. The summed E-state index contributed by atoms with van der Waals surface area (Å²) >= 11 is 0. The standard InChI is InChI=1S/C18H29/c1-4-7-9-12-17-14-11-13-16(6-3)18(17)15-10-8-5-2/h6,11,13-14H,4-5,7-10,12,15H2,1-3H3. The lowest BCUT2D eigenvalue weighted by atomic mass is 9.92. The quantitative estimate of drug-likeness (QED) is 0.488. The molecule has 0 aliphatic rings. The van der Waals surface area contributed by atoms with Crippen LogP contribution in [0.2, 0.25) is 0 Å². The monoisotopic (exact) mass is 245 g/mol. The summed E-state index contributed by atoms with van der Waals surface area (Å²) < 4.78 is 0. The summed E-state index contributed by atoms with van der Waals surface area (Å²) in [5.41, 5.74) is 4.67. The van der Waals surface area contributed by atoms with Crippen molar-refractivity contribution in [1.29, 1.82) is 0 Å². The molecule has 0 aliphatic carbocycles. The smallest absolute Gasteiger partial charge is 0.0121 e. The van der Waals surface area contributed by atoms with Gasteiger partial charge in [-0.3, -0.25) is 0 Å². The van der Waals surface area contributed by atoms with Gasteiger partial charge in [0.05, 0.1) is 0 Å². The molecule has 0 aromatic heterocycles. The van der Waals surface area contributed by atoms with E-state index in [0.717, 1.165) is 0 Å². The second-order valence-corrected chi connectivity index (χ2v) is 5.19. The van der Waals surface area contributed by atoms with Gasteiger partial charge in [0.15, 0.2) is 0 Å². The highest BCUT2D eigenvalue weighted by molar-refractivity contribution is 5.39. The van der Waals surface area contributed by atoms with E-state index < -0.39 is 0 Å². The third-order valence-corrected chi connectivity index (χ3v) is 3.70. The van der Waals surface area contributed by atoms with E-state index in [1.807, 2.05) is 0 Å². The van der Waals surface area contributed by atoms with E-state index in [-0.39, 0.29) is 0 Å². The fourth-order valence-corrected chi connectivity index (χ4v) is 2.58. The van der Waals surface area contributed by atoms with Crippen molar-refractivity contribution in [2.24, 2.45) is 0 Å². The van der Waals surface area contributed by atoms with Gasteiger partial charge in [0.2, 0.25) is 0 Å². The number of rotatable bonds is 9. The van der Waals surface area contributed by atoms with Crippen LogP contribution in [0.3, 0.4) is 0 Å². The highest BCUT2D eigenvalue weighted by Gasteiger charge is 2.06. The molecule has 0 bridgehead atoms. The van der Waals surface area contributed by atoms with Gasteiger partial charge in [-0.15, -0.1) is 0 Å². The Balaban J connectivity index is 2.72. The molecule has 0 unspecified atom stereocenters. The molecule has 0 saturated heterocycles. The molecule has 0 fully saturated rings. The first kappa shape index (κ1) is 15.3. The van der Waals surface area contributed by atoms with E-state index in [4.69, 9.17) is 0 Å². The van der Waals surface area contributed by atoms with Crippen molar-refractivity contribution in [2.75, 3.05) is 0 Å². The largest absolute Gasteiger partial charge is 0.0654 e. The second kappa shape index (κ2) is 9.19. The van der Waals surface area contributed by atoms with E-state index in [9.17, 15) is 0 Å². The van der Waals surface area contributed by atoms with Crippen LogP contribution in [-0.2, 0) is 12.8 Å². The lowest BCUT2D eigenvalue weighted by Crippen LogP contribution is -1.99. The van der Waals surface area contributed by atoms with Crippen molar-refractivity contribution < 1.29 is 0 Å². The third-order valence-electron chi connectivity index (χ3n) is 3.70. The summed E-state index contributed by atoms with van der Waals surface area (Å²) in [7, 11) is 0. The van der Waals surface area contributed by atoms with Gasteiger partial charge < -0.3 is 0 Å². The highest BCUT2D eigenvalue weighted by Crippen LogP contribution is 2.21. The molecule has 0 atom stereocenters. The number of hydrogen-bond acceptors (Lipinski definition) is 0. The SMILES string of the molecule is C[CH]c1cccc(CCCCC)c1CCCCC. The molecule has 101 valence electrons. The van der Waals surface area contributed by atoms with Crippen molar-refractivity contribution in [3.63, 3.8) is 0 Å². The highest BCUT2D eigenvalue weighted by atomic mass is 14.1. The molecular formula is C18H29. The molecule has 1 aromatic rings. The van der Waals surface area contributed by atoms with Crippen LogP contribution in [0.25, 0.3) is 0 Å². The molecule has 0 spiro atoms. The van der Waals surface area contributed by atoms with Crippen LogP contribution in [0.1, 0.15) is 76.0 Å². The van der Waals surface area contributed by atoms with E-state index >= 15 is 0 Å². The van der Waals surface area contributed by atoms with Gasteiger partial charge in [-0.25, -0.2) is 0 Å². The first-order valence-corrected chi connectivity index (χ1v) is 7.73. The van der Waals surface area contributed by atoms with Gasteiger partial charge in [0.1, 0.15) is 0 Å². The van der Waals surface area contributed by atoms with Gasteiger partial charge in [-0.05, 0) is 48.8 Å². The average Bonchev–Trinajstić information content (AvgIpc) is 2.40. The average molecular weight is 245 g/mol. The molecule has 18 heavy (non-hydrogen) atoms. The number of hydrogen-bond donors (Lipinski definition) is 0. The molecule has 1 aromatic carbocycles. The Morgan fingerprint density at radius 3 is 2.17 bits per heavy atom. The summed E-state index contributed by atoms with van der Waals surface area (Å²) in [6.45, 7) is 6.72. The molecule has 1 radical (unpaired) electrons. The summed E-state index contributed by atoms with van der Waals surface area (Å²) in [5, 5.41) is 0. The predicted molar refractivity (Wildman–Crippen MR) is 82.0 cm³/mol. The van der Waals surface area contributed by atoms with Crippen LogP contribution >= 0.6 is 0 Å². The minimum Gasteiger partial charge on any atom is -0.0654 e. The molecule has 0 saturated carbocycles. The lowest BCUT2D eigenvalue weighted by Gasteiger charge is -2.14. The van der Waals surface area contributed by atoms with Crippen LogP contribution in [0.15, 0.2) is 18.2 Å². The number of aryl methyl sites for hydroxylation is 1. The van der Waals surface area contributed by atoms with Gasteiger partial charge in [-0.2, -0.15) is 0 Å². The molecule has 0 heteroatoms. The fourth-order valence-electron chi connectivity index (χ4n) is 2.58. The van der Waals surface area contributed by atoms with Crippen LogP contribution in [0, 0.1) is 6.42 Å². The van der Waals surface area contributed by atoms with Gasteiger partial charge in [0, 0.05) is 0 Å². The van der Waals surface area contributed by atoms with Crippen molar-refractivity contribution in [2.45, 2.75) is 72.1 Å². The number of benzene rings is 1. The van der Waals surface area contributed by atoms with Crippen LogP contribution in [0.4, 0.5) is 0 Å². The van der Waals surface area contributed by atoms with Gasteiger partial charge in [-0.1, -0.05) is 64.7 Å². The molecule has 0 nitrogen and oxygen atoms in total. The Hall–Kier alpha value is -0.780. The molecule has 0 N–H and O–H groups in total. The number of unbranched alkanes of at least 4 members (excludes halogenated alkanes) is 4. The van der Waals surface area contributed by atoms with Crippen LogP contribution < -0.4 is 0 Å². The Kier molecular flexibility index (Phi) is 7.80. The van der Waals surface area contributed by atoms with E-state index in [2.05, 4.69) is 45.4 Å². The van der Waals surface area contributed by atoms with Crippen LogP contribution in [0.5, 0.6) is 0 Å². The van der Waals surface area contributed by atoms with Crippen LogP contribution in [-0.4, -0.2) is 0 Å². The zero-order valence-corrected chi connectivity index (χ0v) is 12.5. The Morgan fingerprint density at radius 2 is 1.56 bits per heavy atom. The molecule has 0 amide bonds. The third kappa shape index (κ3) is 4.84. The maximum absolute atomic E-state index is 2.34. The van der Waals surface area contributed by atoms with Crippen molar-refractivity contribution in [3.05, 3.63) is 41.3 Å². The molecular weight excluding hydrogens is 216 g/mol. The predicted octanol–water partition coefficient (Wildman–Crippen LogP) is 5.72.